The van der Waals surface area contributed by atoms with Gasteiger partial charge < -0.3 is 10.6 Å². The van der Waals surface area contributed by atoms with E-state index in [2.05, 4.69) is 15.6 Å². The van der Waals surface area contributed by atoms with Gasteiger partial charge >= 0.3 is 0 Å². The molecule has 1 aromatic carbocycles. The Labute approximate surface area is 137 Å². The minimum absolute atomic E-state index is 0. The fourth-order valence-electron chi connectivity index (χ4n) is 1.93. The second-order valence-corrected chi connectivity index (χ2v) is 4.95. The van der Waals surface area contributed by atoms with E-state index in [9.17, 15) is 4.39 Å². The number of halogens is 2. The Bertz CT molecular complexity index is 433. The van der Waals surface area contributed by atoms with Gasteiger partial charge in [-0.05, 0) is 25.3 Å². The molecule has 2 N–H and O–H groups in total. The molecule has 0 amide bonds. The molecule has 0 bridgehead atoms. The molecule has 1 aromatic rings. The summed E-state index contributed by atoms with van der Waals surface area (Å²) in [6, 6.07) is 6.77. The molecule has 1 aliphatic rings. The summed E-state index contributed by atoms with van der Waals surface area (Å²) in [6.45, 7) is 4.15. The zero-order chi connectivity index (χ0) is 13.5. The lowest BCUT2D eigenvalue weighted by molar-refractivity contribution is 0.610. The number of guanidine groups is 1. The highest BCUT2D eigenvalue weighted by molar-refractivity contribution is 14.0. The van der Waals surface area contributed by atoms with Gasteiger partial charge in [0.15, 0.2) is 5.96 Å². The summed E-state index contributed by atoms with van der Waals surface area (Å²) in [5.74, 6) is 1.48. The summed E-state index contributed by atoms with van der Waals surface area (Å²) in [5, 5.41) is 6.48. The largest absolute Gasteiger partial charge is 0.357 e. The molecule has 2 rings (SSSR count). The molecule has 0 atom stereocenters. The van der Waals surface area contributed by atoms with Crippen molar-refractivity contribution in [2.24, 2.45) is 10.9 Å². The van der Waals surface area contributed by atoms with Crippen LogP contribution in [-0.2, 0) is 6.54 Å². The highest BCUT2D eigenvalue weighted by atomic mass is 127. The summed E-state index contributed by atoms with van der Waals surface area (Å²) in [5.41, 5.74) is 0.627. The van der Waals surface area contributed by atoms with Crippen LogP contribution in [0.15, 0.2) is 29.3 Å². The average Bonchev–Trinajstić information content (AvgIpc) is 3.22. The van der Waals surface area contributed by atoms with Gasteiger partial charge in [0, 0.05) is 18.7 Å². The van der Waals surface area contributed by atoms with Gasteiger partial charge in [-0.1, -0.05) is 31.0 Å². The third kappa shape index (κ3) is 6.07. The Morgan fingerprint density at radius 1 is 1.30 bits per heavy atom. The number of nitrogens with one attached hydrogen (secondary N) is 2. The first-order valence-electron chi connectivity index (χ1n) is 7.05. The van der Waals surface area contributed by atoms with Crippen molar-refractivity contribution in [1.82, 2.24) is 10.6 Å². The Kier molecular flexibility index (Phi) is 7.87. The molecule has 3 nitrogen and oxygen atoms in total. The molecule has 112 valence electrons. The first-order chi connectivity index (χ1) is 9.29. The van der Waals surface area contributed by atoms with Crippen molar-refractivity contribution in [2.45, 2.75) is 32.7 Å². The van der Waals surface area contributed by atoms with Crippen LogP contribution in [0.25, 0.3) is 0 Å². The fourth-order valence-corrected chi connectivity index (χ4v) is 1.93. The van der Waals surface area contributed by atoms with Crippen molar-refractivity contribution in [3.63, 3.8) is 0 Å². The van der Waals surface area contributed by atoms with Crippen LogP contribution in [0.5, 0.6) is 0 Å². The van der Waals surface area contributed by atoms with Gasteiger partial charge in [-0.25, -0.2) is 9.38 Å². The van der Waals surface area contributed by atoms with Crippen LogP contribution in [0.2, 0.25) is 0 Å². The van der Waals surface area contributed by atoms with Gasteiger partial charge in [-0.15, -0.1) is 24.0 Å². The predicted molar refractivity (Wildman–Crippen MR) is 92.0 cm³/mol. The smallest absolute Gasteiger partial charge is 0.191 e. The molecule has 0 radical (unpaired) electrons. The third-order valence-corrected chi connectivity index (χ3v) is 3.25. The minimum Gasteiger partial charge on any atom is -0.357 e. The van der Waals surface area contributed by atoms with Crippen LogP contribution >= 0.6 is 24.0 Å². The van der Waals surface area contributed by atoms with E-state index in [1.807, 2.05) is 13.0 Å². The lowest BCUT2D eigenvalue weighted by atomic mass is 10.2. The van der Waals surface area contributed by atoms with Gasteiger partial charge in [0.2, 0.25) is 0 Å². The van der Waals surface area contributed by atoms with Crippen molar-refractivity contribution < 1.29 is 4.39 Å². The highest BCUT2D eigenvalue weighted by Gasteiger charge is 2.20. The summed E-state index contributed by atoms with van der Waals surface area (Å²) >= 11 is 0. The number of hydrogen-bond acceptors (Lipinski definition) is 1. The van der Waals surface area contributed by atoms with Crippen LogP contribution in [0, 0.1) is 11.7 Å². The SMILES string of the molecule is CCNC(=NCc1ccccc1F)NCCC1CC1.I. The van der Waals surface area contributed by atoms with E-state index in [4.69, 9.17) is 0 Å². The number of aliphatic imine (C=N–C) groups is 1. The van der Waals surface area contributed by atoms with E-state index in [0.29, 0.717) is 12.1 Å². The van der Waals surface area contributed by atoms with Gasteiger partial charge in [-0.2, -0.15) is 0 Å². The molecule has 0 aromatic heterocycles. The first-order valence-corrected chi connectivity index (χ1v) is 7.05. The van der Waals surface area contributed by atoms with Crippen LogP contribution in [0.1, 0.15) is 31.7 Å². The van der Waals surface area contributed by atoms with Gasteiger partial charge in [0.1, 0.15) is 5.82 Å². The standard InChI is InChI=1S/C15H22FN3.HI/c1-2-17-15(18-10-9-12-7-8-12)19-11-13-5-3-4-6-14(13)16;/h3-6,12H,2,7-11H2,1H3,(H2,17,18,19);1H. The molecule has 20 heavy (non-hydrogen) atoms. The summed E-state index contributed by atoms with van der Waals surface area (Å²) in [6.07, 6.45) is 3.93. The molecular formula is C15H23FIN3. The molecular weight excluding hydrogens is 368 g/mol. The average molecular weight is 391 g/mol. The normalized spacial score (nSPS) is 14.6. The van der Waals surface area contributed by atoms with Gasteiger partial charge in [0.05, 0.1) is 6.54 Å². The molecule has 1 saturated carbocycles. The maximum Gasteiger partial charge on any atom is 0.191 e. The summed E-state index contributed by atoms with van der Waals surface area (Å²) < 4.78 is 13.5. The Morgan fingerprint density at radius 3 is 2.70 bits per heavy atom. The van der Waals surface area contributed by atoms with Crippen molar-refractivity contribution in [2.75, 3.05) is 13.1 Å². The monoisotopic (exact) mass is 391 g/mol. The molecule has 1 aliphatic carbocycles. The Hall–Kier alpha value is -0.850. The van der Waals surface area contributed by atoms with E-state index in [1.54, 1.807) is 12.1 Å². The Balaban J connectivity index is 0.00000200. The predicted octanol–water partition coefficient (Wildman–Crippen LogP) is 3.30. The first kappa shape index (κ1) is 17.2. The minimum atomic E-state index is -0.194. The molecule has 0 aliphatic heterocycles. The van der Waals surface area contributed by atoms with Crippen molar-refractivity contribution >= 4 is 29.9 Å². The molecule has 0 spiro atoms. The topological polar surface area (TPSA) is 36.4 Å². The molecule has 0 saturated heterocycles. The van der Waals surface area contributed by atoms with E-state index in [1.165, 1.54) is 25.3 Å². The molecule has 5 heteroatoms. The quantitative estimate of drug-likeness (QED) is 0.444. The lowest BCUT2D eigenvalue weighted by Crippen LogP contribution is -2.37. The van der Waals surface area contributed by atoms with Crippen molar-refractivity contribution in [3.05, 3.63) is 35.6 Å². The lowest BCUT2D eigenvalue weighted by Gasteiger charge is -2.11. The van der Waals surface area contributed by atoms with E-state index in [-0.39, 0.29) is 29.8 Å². The summed E-state index contributed by atoms with van der Waals surface area (Å²) in [4.78, 5) is 4.42. The highest BCUT2D eigenvalue weighted by Crippen LogP contribution is 2.31. The van der Waals surface area contributed by atoms with Crippen LogP contribution in [0.4, 0.5) is 4.39 Å². The number of benzene rings is 1. The van der Waals surface area contributed by atoms with Crippen LogP contribution in [-0.4, -0.2) is 19.0 Å². The molecule has 0 unspecified atom stereocenters. The summed E-state index contributed by atoms with van der Waals surface area (Å²) in [7, 11) is 0. The number of hydrogen-bond donors (Lipinski definition) is 2. The second-order valence-electron chi connectivity index (χ2n) is 4.95. The zero-order valence-electron chi connectivity index (χ0n) is 11.9. The van der Waals surface area contributed by atoms with E-state index in [0.717, 1.165) is 25.0 Å². The number of rotatable bonds is 6. The number of nitrogens with zero attached hydrogens (tertiary/aromatic N) is 1. The van der Waals surface area contributed by atoms with E-state index >= 15 is 0 Å². The van der Waals surface area contributed by atoms with Crippen LogP contribution in [0.3, 0.4) is 0 Å². The molecule has 1 fully saturated rings. The van der Waals surface area contributed by atoms with E-state index < -0.39 is 0 Å². The fraction of sp³-hybridized carbons (Fsp3) is 0.533. The third-order valence-electron chi connectivity index (χ3n) is 3.25. The maximum absolute atomic E-state index is 13.5. The zero-order valence-corrected chi connectivity index (χ0v) is 14.2. The van der Waals surface area contributed by atoms with Gasteiger partial charge in [-0.3, -0.25) is 0 Å². The van der Waals surface area contributed by atoms with Crippen molar-refractivity contribution in [3.8, 4) is 0 Å². The van der Waals surface area contributed by atoms with Crippen molar-refractivity contribution in [1.29, 1.82) is 0 Å². The van der Waals surface area contributed by atoms with Gasteiger partial charge in [0.25, 0.3) is 0 Å². The van der Waals surface area contributed by atoms with Crippen LogP contribution < -0.4 is 10.6 Å². The Morgan fingerprint density at radius 2 is 2.05 bits per heavy atom. The second kappa shape index (κ2) is 9.15. The molecule has 0 heterocycles. The maximum atomic E-state index is 13.5.